The zero-order valence-corrected chi connectivity index (χ0v) is 13.3. The van der Waals surface area contributed by atoms with E-state index in [2.05, 4.69) is 21.2 Å². The van der Waals surface area contributed by atoms with Crippen LogP contribution in [-0.2, 0) is 0 Å². The van der Waals surface area contributed by atoms with Crippen molar-refractivity contribution < 1.29 is 9.21 Å². The summed E-state index contributed by atoms with van der Waals surface area (Å²) < 4.78 is 6.55. The molecule has 0 bridgehead atoms. The maximum Gasteiger partial charge on any atom is 0.291 e. The van der Waals surface area contributed by atoms with Gasteiger partial charge in [0.15, 0.2) is 5.76 Å². The van der Waals surface area contributed by atoms with Gasteiger partial charge in [-0.1, -0.05) is 28.1 Å². The van der Waals surface area contributed by atoms with Crippen molar-refractivity contribution in [3.8, 4) is 0 Å². The fourth-order valence-electron chi connectivity index (χ4n) is 2.18. The van der Waals surface area contributed by atoms with Crippen LogP contribution in [-0.4, -0.2) is 5.91 Å². The lowest BCUT2D eigenvalue weighted by molar-refractivity contribution is 0.0998. The Kier molecular flexibility index (Phi) is 3.55. The maximum absolute atomic E-state index is 12.3. The number of hydrogen-bond donors (Lipinski definition) is 1. The van der Waals surface area contributed by atoms with Crippen LogP contribution >= 0.6 is 15.9 Å². The number of anilines is 1. The molecule has 0 unspecified atom stereocenters. The van der Waals surface area contributed by atoms with Gasteiger partial charge in [0.05, 0.1) is 0 Å². The third-order valence-corrected chi connectivity index (χ3v) is 3.84. The molecule has 0 fully saturated rings. The summed E-state index contributed by atoms with van der Waals surface area (Å²) in [7, 11) is 0. The summed E-state index contributed by atoms with van der Waals surface area (Å²) in [5.41, 5.74) is 3.63. The monoisotopic (exact) mass is 343 g/mol. The Labute approximate surface area is 131 Å². The normalized spacial score (nSPS) is 10.8. The van der Waals surface area contributed by atoms with Crippen molar-refractivity contribution in [3.05, 3.63) is 63.8 Å². The molecule has 3 rings (SSSR count). The fourth-order valence-corrected chi connectivity index (χ4v) is 2.56. The van der Waals surface area contributed by atoms with Gasteiger partial charge in [0.25, 0.3) is 5.91 Å². The number of hydrogen-bond acceptors (Lipinski definition) is 2. The number of halogens is 1. The Morgan fingerprint density at radius 1 is 1.10 bits per heavy atom. The van der Waals surface area contributed by atoms with Crippen molar-refractivity contribution in [2.24, 2.45) is 0 Å². The van der Waals surface area contributed by atoms with E-state index in [0.717, 1.165) is 26.7 Å². The van der Waals surface area contributed by atoms with Gasteiger partial charge in [-0.2, -0.15) is 0 Å². The maximum atomic E-state index is 12.3. The summed E-state index contributed by atoms with van der Waals surface area (Å²) >= 11 is 3.41. The van der Waals surface area contributed by atoms with Gasteiger partial charge in [0.1, 0.15) is 5.58 Å². The molecule has 0 aliphatic heterocycles. The van der Waals surface area contributed by atoms with Crippen LogP contribution in [0, 0.1) is 13.8 Å². The lowest BCUT2D eigenvalue weighted by atomic mass is 10.1. The number of rotatable bonds is 2. The second-order valence-corrected chi connectivity index (χ2v) is 5.98. The van der Waals surface area contributed by atoms with Crippen LogP contribution in [0.5, 0.6) is 0 Å². The smallest absolute Gasteiger partial charge is 0.291 e. The molecule has 2 aromatic carbocycles. The Bertz CT molecular complexity index is 836. The van der Waals surface area contributed by atoms with E-state index in [-0.39, 0.29) is 5.91 Å². The first-order valence-corrected chi connectivity index (χ1v) is 7.40. The van der Waals surface area contributed by atoms with Crippen LogP contribution in [0.2, 0.25) is 0 Å². The molecule has 0 spiro atoms. The Morgan fingerprint density at radius 3 is 2.71 bits per heavy atom. The molecule has 0 saturated heterocycles. The number of nitrogens with one attached hydrogen (secondary N) is 1. The van der Waals surface area contributed by atoms with Gasteiger partial charge in [-0.25, -0.2) is 0 Å². The minimum atomic E-state index is -0.240. The molecule has 4 heteroatoms. The predicted molar refractivity (Wildman–Crippen MR) is 87.8 cm³/mol. The largest absolute Gasteiger partial charge is 0.451 e. The van der Waals surface area contributed by atoms with Crippen LogP contribution in [0.15, 0.2) is 51.4 Å². The van der Waals surface area contributed by atoms with Gasteiger partial charge in [-0.15, -0.1) is 0 Å². The first-order valence-electron chi connectivity index (χ1n) is 6.60. The second kappa shape index (κ2) is 5.37. The van der Waals surface area contributed by atoms with Crippen LogP contribution in [0.1, 0.15) is 21.7 Å². The highest BCUT2D eigenvalue weighted by Gasteiger charge is 2.13. The van der Waals surface area contributed by atoms with Gasteiger partial charge in [-0.05, 0) is 55.3 Å². The molecular weight excluding hydrogens is 330 g/mol. The number of amides is 1. The van der Waals surface area contributed by atoms with E-state index in [4.69, 9.17) is 4.42 Å². The molecule has 0 saturated carbocycles. The standard InChI is InChI=1S/C17H14BrNO2/c1-10-3-4-11(2)14(7-10)19-17(20)16-9-12-8-13(18)5-6-15(12)21-16/h3-9H,1-2H3,(H,19,20). The van der Waals surface area contributed by atoms with Crippen molar-refractivity contribution in [1.82, 2.24) is 0 Å². The second-order valence-electron chi connectivity index (χ2n) is 5.07. The lowest BCUT2D eigenvalue weighted by Crippen LogP contribution is -2.11. The average molecular weight is 344 g/mol. The molecule has 106 valence electrons. The SMILES string of the molecule is Cc1ccc(C)c(NC(=O)c2cc3cc(Br)ccc3o2)c1. The highest BCUT2D eigenvalue weighted by molar-refractivity contribution is 9.10. The minimum Gasteiger partial charge on any atom is -0.451 e. The van der Waals surface area contributed by atoms with Crippen molar-refractivity contribution in [2.45, 2.75) is 13.8 Å². The van der Waals surface area contributed by atoms with E-state index in [1.165, 1.54) is 0 Å². The number of carbonyl (C=O) groups excluding carboxylic acids is 1. The summed E-state index contributed by atoms with van der Waals surface area (Å²) in [5.74, 6) is 0.0695. The molecule has 1 N–H and O–H groups in total. The van der Waals surface area contributed by atoms with Gasteiger partial charge < -0.3 is 9.73 Å². The van der Waals surface area contributed by atoms with E-state index in [0.29, 0.717) is 11.3 Å². The summed E-state index contributed by atoms with van der Waals surface area (Å²) in [6.07, 6.45) is 0. The number of furan rings is 1. The summed E-state index contributed by atoms with van der Waals surface area (Å²) in [4.78, 5) is 12.3. The predicted octanol–water partition coefficient (Wildman–Crippen LogP) is 5.06. The van der Waals surface area contributed by atoms with E-state index >= 15 is 0 Å². The number of benzene rings is 2. The zero-order chi connectivity index (χ0) is 15.0. The summed E-state index contributed by atoms with van der Waals surface area (Å²) in [6.45, 7) is 3.96. The molecule has 0 atom stereocenters. The highest BCUT2D eigenvalue weighted by atomic mass is 79.9. The molecule has 1 amide bonds. The third kappa shape index (κ3) is 2.85. The van der Waals surface area contributed by atoms with E-state index in [9.17, 15) is 4.79 Å². The highest BCUT2D eigenvalue weighted by Crippen LogP contribution is 2.24. The molecular formula is C17H14BrNO2. The Balaban J connectivity index is 1.91. The van der Waals surface area contributed by atoms with Gasteiger partial charge in [0.2, 0.25) is 0 Å². The van der Waals surface area contributed by atoms with Gasteiger partial charge in [-0.3, -0.25) is 4.79 Å². The number of aryl methyl sites for hydroxylation is 2. The zero-order valence-electron chi connectivity index (χ0n) is 11.7. The molecule has 1 aromatic heterocycles. The molecule has 21 heavy (non-hydrogen) atoms. The number of carbonyl (C=O) groups is 1. The van der Waals surface area contributed by atoms with Crippen molar-refractivity contribution in [3.63, 3.8) is 0 Å². The van der Waals surface area contributed by atoms with Crippen molar-refractivity contribution in [2.75, 3.05) is 5.32 Å². The molecule has 0 aliphatic rings. The first-order chi connectivity index (χ1) is 10.0. The van der Waals surface area contributed by atoms with Gasteiger partial charge >= 0.3 is 0 Å². The Hall–Kier alpha value is -2.07. The summed E-state index contributed by atoms with van der Waals surface area (Å²) in [5, 5.41) is 3.80. The Morgan fingerprint density at radius 2 is 1.90 bits per heavy atom. The quantitative estimate of drug-likeness (QED) is 0.706. The van der Waals surface area contributed by atoms with E-state index in [1.807, 2.05) is 50.2 Å². The molecule has 3 nitrogen and oxygen atoms in total. The molecule has 0 aliphatic carbocycles. The average Bonchev–Trinajstić information content (AvgIpc) is 2.86. The van der Waals surface area contributed by atoms with Crippen LogP contribution < -0.4 is 5.32 Å². The van der Waals surface area contributed by atoms with Crippen molar-refractivity contribution in [1.29, 1.82) is 0 Å². The van der Waals surface area contributed by atoms with Crippen LogP contribution in [0.4, 0.5) is 5.69 Å². The minimum absolute atomic E-state index is 0.240. The third-order valence-electron chi connectivity index (χ3n) is 3.34. The van der Waals surface area contributed by atoms with Gasteiger partial charge in [0, 0.05) is 15.5 Å². The van der Waals surface area contributed by atoms with Crippen LogP contribution in [0.25, 0.3) is 11.0 Å². The van der Waals surface area contributed by atoms with E-state index < -0.39 is 0 Å². The number of fused-ring (bicyclic) bond motifs is 1. The first kappa shape index (κ1) is 13.9. The molecule has 1 heterocycles. The van der Waals surface area contributed by atoms with Crippen LogP contribution in [0.3, 0.4) is 0 Å². The molecule has 0 radical (unpaired) electrons. The van der Waals surface area contributed by atoms with E-state index in [1.54, 1.807) is 6.07 Å². The lowest BCUT2D eigenvalue weighted by Gasteiger charge is -2.07. The molecule has 3 aromatic rings. The summed E-state index contributed by atoms with van der Waals surface area (Å²) in [6, 6.07) is 13.4. The van der Waals surface area contributed by atoms with Crippen molar-refractivity contribution >= 4 is 38.5 Å². The topological polar surface area (TPSA) is 42.2 Å². The fraction of sp³-hybridized carbons (Fsp3) is 0.118.